The normalized spacial score (nSPS) is 26.6. The van der Waals surface area contributed by atoms with E-state index in [1.807, 2.05) is 62.4 Å². The maximum Gasteiger partial charge on any atom is 0.381 e. The molecule has 7 aliphatic heterocycles. The molecule has 19 rings (SSSR count). The van der Waals surface area contributed by atoms with Crippen LogP contribution in [0.5, 0.6) is 23.1 Å². The van der Waals surface area contributed by atoms with Crippen molar-refractivity contribution in [2.75, 3.05) is 49.0 Å². The molecule has 35 nitrogen and oxygen atoms in total. The molecule has 7 aliphatic rings. The molecule has 7 saturated heterocycles. The Labute approximate surface area is 750 Å². The number of benzene rings is 6. The molecule has 0 saturated carbocycles. The molecule has 5 N–H and O–H groups in total. The minimum Gasteiger partial charge on any atom is -0.476 e. The van der Waals surface area contributed by atoms with Crippen molar-refractivity contribution < 1.29 is 93.7 Å². The van der Waals surface area contributed by atoms with Crippen molar-refractivity contribution in [3.63, 3.8) is 0 Å². The number of carbonyl (C=O) groups excluding carboxylic acids is 3. The second kappa shape index (κ2) is 38.7. The van der Waals surface area contributed by atoms with Gasteiger partial charge in [-0.15, -0.1) is 0 Å². The number of nitrogens with one attached hydrogen (secondary N) is 3. The lowest BCUT2D eigenvalue weighted by atomic mass is 10.1. The minimum atomic E-state index is -3.30. The number of aryl methyl sites for hydroxylation is 3. The summed E-state index contributed by atoms with van der Waals surface area (Å²) in [6.45, 7) is -1.25. The first-order valence-electron chi connectivity index (χ1n) is 40.0. The van der Waals surface area contributed by atoms with Crippen molar-refractivity contribution >= 4 is 159 Å². The average molecular weight is 1890 g/mol. The highest BCUT2D eigenvalue weighted by Crippen LogP contribution is 2.61. The molecule has 6 aromatic carbocycles. The van der Waals surface area contributed by atoms with E-state index in [-0.39, 0.29) is 66.7 Å². The fraction of sp³-hybridized carbons (Fsp3) is 0.341. The van der Waals surface area contributed by atoms with E-state index in [9.17, 15) is 24.6 Å². The second-order valence-electron chi connectivity index (χ2n) is 29.6. The van der Waals surface area contributed by atoms with Gasteiger partial charge in [-0.3, -0.25) is 60.5 Å². The Balaban J connectivity index is 0.000000134. The predicted molar refractivity (Wildman–Crippen MR) is 472 cm³/mol. The number of halogens is 3. The molecule has 44 heteroatoms. The van der Waals surface area contributed by atoms with E-state index >= 15 is 0 Å². The number of imidazole rings is 3. The van der Waals surface area contributed by atoms with Gasteiger partial charge in [0.2, 0.25) is 17.7 Å². The van der Waals surface area contributed by atoms with Gasteiger partial charge in [0.1, 0.15) is 84.8 Å². The van der Waals surface area contributed by atoms with Crippen molar-refractivity contribution in [1.29, 1.82) is 0 Å². The fourth-order valence-corrected chi connectivity index (χ4v) is 21.8. The van der Waals surface area contributed by atoms with Crippen LogP contribution in [0, 0.1) is 6.92 Å². The topological polar surface area (TPSA) is 397 Å². The average Bonchev–Trinajstić information content (AvgIpc) is 1.60. The molecule has 13 heterocycles. The van der Waals surface area contributed by atoms with E-state index in [0.717, 1.165) is 48.8 Å². The lowest BCUT2D eigenvalue weighted by molar-refractivity contribution is -0.213. The zero-order chi connectivity index (χ0) is 87.5. The number of aromatic nitrogens is 12. The maximum absolute atomic E-state index is 13.1. The van der Waals surface area contributed by atoms with Crippen molar-refractivity contribution in [2.45, 2.75) is 146 Å². The summed E-state index contributed by atoms with van der Waals surface area (Å²) in [5, 5.41) is 31.9. The Hall–Kier alpha value is -9.12. The smallest absolute Gasteiger partial charge is 0.381 e. The van der Waals surface area contributed by atoms with Crippen LogP contribution >= 0.6 is 55.0 Å². The molecule has 126 heavy (non-hydrogen) atoms. The van der Waals surface area contributed by atoms with E-state index in [1.54, 1.807) is 117 Å². The summed E-state index contributed by atoms with van der Waals surface area (Å²) in [6.07, 6.45) is 2.09. The quantitative estimate of drug-likeness (QED) is 0.0393. The summed E-state index contributed by atoms with van der Waals surface area (Å²) in [4.78, 5) is 77.2. The van der Waals surface area contributed by atoms with Crippen LogP contribution in [0.25, 0.3) is 33.5 Å². The number of amides is 3. The molecule has 7 fully saturated rings. The molecule has 3 amide bonds. The first kappa shape index (κ1) is 88.9. The van der Waals surface area contributed by atoms with Gasteiger partial charge in [0.25, 0.3) is 11.8 Å². The Morgan fingerprint density at radius 3 is 1.41 bits per heavy atom. The lowest BCUT2D eigenvalue weighted by Gasteiger charge is -2.36. The zero-order valence-corrected chi connectivity index (χ0v) is 74.7. The second-order valence-corrected chi connectivity index (χ2v) is 39.5. The fourth-order valence-electron chi connectivity index (χ4n) is 14.7. The summed E-state index contributed by atoms with van der Waals surface area (Å²) >= 11 is 35.6. The van der Waals surface area contributed by atoms with Gasteiger partial charge in [-0.25, -0.2) is 34.9 Å². The van der Waals surface area contributed by atoms with Crippen molar-refractivity contribution in [1.82, 2.24) is 58.6 Å². The molecule has 0 bridgehead atoms. The van der Waals surface area contributed by atoms with E-state index in [1.165, 1.54) is 37.8 Å². The van der Waals surface area contributed by atoms with Crippen LogP contribution in [0.3, 0.4) is 0 Å². The van der Waals surface area contributed by atoms with Gasteiger partial charge in [0, 0.05) is 66.5 Å². The summed E-state index contributed by atoms with van der Waals surface area (Å²) in [6, 6.07) is 43.6. The highest BCUT2D eigenvalue weighted by atomic mass is 35.5. The molecule has 12 aromatic rings. The molecule has 658 valence electrons. The minimum absolute atomic E-state index is 0.0233. The van der Waals surface area contributed by atoms with Gasteiger partial charge in [0.15, 0.2) is 70.1 Å². The summed E-state index contributed by atoms with van der Waals surface area (Å²) < 4.78 is 95.6. The third-order valence-corrected chi connectivity index (χ3v) is 28.6. The number of hydrogen-bond donors (Lipinski definition) is 5. The first-order chi connectivity index (χ1) is 60.9. The number of para-hydroxylation sites is 3. The van der Waals surface area contributed by atoms with Crippen LogP contribution in [0.1, 0.15) is 102 Å². The number of fused-ring (bicyclic) bond motifs is 6. The number of anilines is 3. The number of hydrogen-bond acceptors (Lipinski definition) is 32. The molecule has 0 aliphatic carbocycles. The molecular weight excluding hydrogens is 1810 g/mol. The third kappa shape index (κ3) is 19.7. The number of aliphatic hydroxyl groups excluding tert-OH is 2. The first-order valence-corrected chi connectivity index (χ1v) is 48.8. The van der Waals surface area contributed by atoms with E-state index in [2.05, 4.69) is 67.7 Å². The van der Waals surface area contributed by atoms with Crippen molar-refractivity contribution in [3.05, 3.63) is 226 Å². The number of carbonyl (C=O) groups is 3. The Bertz CT molecular complexity index is 6160. The highest BCUT2D eigenvalue weighted by Gasteiger charge is 2.57. The SMILES string of the molecule is CC(=O)Nc1nc(OCCc2ccc(C)cc2)c2ncn([C@@H]3O[C@@H]4COP(=S)(Oc5ccccc5Cl)OC4C3O)c2n1.CCc1ccc(C(=O)Nc2ncnc3c2ncn3[C@@H]2O[C@@H]3COP(=S)(Oc4ccccc4Cl)OC3C2O)cc1.CCc1ccc(C(=O)Nc2ncnc3c2ncn3[C@@H]2O[C@@H]3COP(=S)(Oc4ccccc4Cl)OC3C2OC2CCCCO2)cc1. The number of aliphatic hydroxyl groups is 2. The number of ether oxygens (including phenoxy) is 6. The molecular formula is C82H81Cl3N15O20P3S3. The zero-order valence-electron chi connectivity index (χ0n) is 67.3. The molecule has 0 spiro atoms. The Morgan fingerprint density at radius 1 is 0.516 bits per heavy atom. The van der Waals surface area contributed by atoms with Crippen LogP contribution in [-0.2, 0) is 110 Å². The van der Waals surface area contributed by atoms with Crippen LogP contribution in [-0.4, -0.2) is 181 Å². The van der Waals surface area contributed by atoms with Gasteiger partial charge >= 0.3 is 20.2 Å². The van der Waals surface area contributed by atoms with Gasteiger partial charge in [-0.05, 0) is 116 Å². The summed E-state index contributed by atoms with van der Waals surface area (Å²) in [7, 11) is 0. The van der Waals surface area contributed by atoms with Crippen LogP contribution in [0.15, 0.2) is 177 Å². The largest absolute Gasteiger partial charge is 0.476 e. The molecule has 10 unspecified atom stereocenters. The Morgan fingerprint density at radius 2 is 0.952 bits per heavy atom. The summed E-state index contributed by atoms with van der Waals surface area (Å²) in [5.41, 5.74) is 7.70. The highest BCUT2D eigenvalue weighted by molar-refractivity contribution is 8.08. The van der Waals surface area contributed by atoms with E-state index in [4.69, 9.17) is 139 Å². The molecule has 0 radical (unpaired) electrons. The standard InChI is InChI=1S/C30H31ClN5O7PS.C27H27ClN5O7PS.C25H23ClN5O6PS/c1-2-18-10-12-19(13-11-18)29(37)35-27-24-28(33-16-32-27)36(17-34-24)30-26(41-23-9-5-6-14-38-23)25-22(40-30)15-39-44(45,43-25)42-21-8-4-3-7-20(21)31;1-15-7-9-17(10-8-15)11-12-36-25-21-24(31-27(32-25)30-16(2)34)33(14-29-21)26-22(35)23-20(38-26)13-37-41(42,40-23)39-19-6-4-3-5-18(19)28;1-2-14-7-9-15(10-8-14)24(33)30-22-19-23(28-12-27-22)31(13-29-19)25-20(32)21-18(35-25)11-34-38(39,37-21)36-17-6-4-3-5-16(17)26/h3-4,7-8,10-13,16-17,22-23,25-26,30H,2,5-6,9,14-15H2,1H3,(H,32,33,35,37);3-10,14,20,22-23,26,35H,11-13H2,1-2H3,(H,30,31,32,34);3-10,12-13,18,20-21,25,32H,2,11H2,1H3,(H,27,28,30,33)/t22-,23?,25?,26?,30-,44?;20-,22?,23?,26-,41?;18-,20?,21?,25-,38?/m111/s1. The Kier molecular flexibility index (Phi) is 27.3. The maximum atomic E-state index is 13.1. The van der Waals surface area contributed by atoms with Crippen LogP contribution in [0.4, 0.5) is 17.6 Å². The number of rotatable bonds is 22. The van der Waals surface area contributed by atoms with Crippen LogP contribution in [0.2, 0.25) is 15.1 Å². The van der Waals surface area contributed by atoms with Crippen molar-refractivity contribution in [3.8, 4) is 23.1 Å². The lowest BCUT2D eigenvalue weighted by Crippen LogP contribution is -2.43. The van der Waals surface area contributed by atoms with E-state index < -0.39 is 100 Å². The van der Waals surface area contributed by atoms with Gasteiger partial charge in [-0.1, -0.05) is 139 Å². The van der Waals surface area contributed by atoms with Gasteiger partial charge < -0.3 is 62.8 Å². The number of nitrogens with zero attached hydrogens (tertiary/aromatic N) is 12. The predicted octanol–water partition coefficient (Wildman–Crippen LogP) is 14.4. The third-order valence-electron chi connectivity index (χ3n) is 21.1. The molecule has 6 aromatic heterocycles. The van der Waals surface area contributed by atoms with Gasteiger partial charge in [-0.2, -0.15) is 9.97 Å². The summed E-state index contributed by atoms with van der Waals surface area (Å²) in [5.74, 6) is 0.750. The van der Waals surface area contributed by atoms with Gasteiger partial charge in [0.05, 0.1) is 60.5 Å². The monoisotopic (exact) mass is 1890 g/mol. The molecule has 16 atom stereocenters. The van der Waals surface area contributed by atoms with E-state index in [0.29, 0.717) is 90.9 Å². The van der Waals surface area contributed by atoms with Crippen LogP contribution < -0.4 is 34.3 Å². The van der Waals surface area contributed by atoms with Crippen molar-refractivity contribution in [2.24, 2.45) is 0 Å².